The van der Waals surface area contributed by atoms with Gasteiger partial charge in [0.25, 0.3) is 5.91 Å². The summed E-state index contributed by atoms with van der Waals surface area (Å²) >= 11 is 0. The van der Waals surface area contributed by atoms with Gasteiger partial charge in [-0.15, -0.1) is 0 Å². The number of carbonyl (C=O) groups excluding carboxylic acids is 1. The number of primary amides is 1. The van der Waals surface area contributed by atoms with Crippen molar-refractivity contribution in [2.45, 2.75) is 0 Å². The van der Waals surface area contributed by atoms with Crippen LogP contribution in [0.2, 0.25) is 0 Å². The van der Waals surface area contributed by atoms with Crippen LogP contribution in [0, 0.1) is 5.82 Å². The van der Waals surface area contributed by atoms with E-state index in [-0.39, 0.29) is 11.3 Å². The van der Waals surface area contributed by atoms with Crippen molar-refractivity contribution in [1.29, 1.82) is 0 Å². The van der Waals surface area contributed by atoms with Crippen LogP contribution < -0.4 is 21.5 Å². The normalized spacial score (nSPS) is 10.1. The molecule has 0 aliphatic heterocycles. The zero-order chi connectivity index (χ0) is 14.7. The van der Waals surface area contributed by atoms with Gasteiger partial charge in [0.05, 0.1) is 29.7 Å². The summed E-state index contributed by atoms with van der Waals surface area (Å²) in [7, 11) is 1.43. The number of methoxy groups -OCH3 is 1. The molecule has 0 radical (unpaired) electrons. The van der Waals surface area contributed by atoms with E-state index in [0.29, 0.717) is 17.1 Å². The summed E-state index contributed by atoms with van der Waals surface area (Å²) < 4.78 is 18.2. The van der Waals surface area contributed by atoms with Gasteiger partial charge in [0.2, 0.25) is 0 Å². The third kappa shape index (κ3) is 2.64. The molecule has 5 nitrogen and oxygen atoms in total. The smallest absolute Gasteiger partial charge is 0.250 e. The molecule has 0 bridgehead atoms. The summed E-state index contributed by atoms with van der Waals surface area (Å²) in [6.07, 6.45) is 0. The number of amides is 1. The molecule has 104 valence electrons. The number of nitrogen functional groups attached to an aromatic ring is 1. The minimum atomic E-state index is -0.614. The molecule has 0 heterocycles. The van der Waals surface area contributed by atoms with Crippen LogP contribution in [0.25, 0.3) is 0 Å². The van der Waals surface area contributed by atoms with E-state index >= 15 is 0 Å². The van der Waals surface area contributed by atoms with Gasteiger partial charge in [0.1, 0.15) is 11.6 Å². The minimum Gasteiger partial charge on any atom is -0.494 e. The fraction of sp³-hybridized carbons (Fsp3) is 0.0714. The zero-order valence-corrected chi connectivity index (χ0v) is 10.8. The standard InChI is InChI=1S/C14H14FN3O2/c1-20-12-7-8(15)5-6-10(12)18-11-4-2-3-9(13(11)16)14(17)19/h2-7,18H,16H2,1H3,(H2,17,19). The molecule has 0 aromatic heterocycles. The Morgan fingerprint density at radius 2 is 2.00 bits per heavy atom. The maximum absolute atomic E-state index is 13.1. The van der Waals surface area contributed by atoms with Crippen molar-refractivity contribution >= 4 is 23.0 Å². The third-order valence-electron chi connectivity index (χ3n) is 2.80. The first-order valence-electron chi connectivity index (χ1n) is 5.81. The first-order chi connectivity index (χ1) is 9.52. The molecular weight excluding hydrogens is 261 g/mol. The van der Waals surface area contributed by atoms with Gasteiger partial charge < -0.3 is 21.5 Å². The van der Waals surface area contributed by atoms with E-state index in [4.69, 9.17) is 16.2 Å². The molecule has 20 heavy (non-hydrogen) atoms. The summed E-state index contributed by atoms with van der Waals surface area (Å²) in [4.78, 5) is 11.2. The number of rotatable bonds is 4. The highest BCUT2D eigenvalue weighted by atomic mass is 19.1. The highest BCUT2D eigenvalue weighted by Gasteiger charge is 2.11. The average Bonchev–Trinajstić information content (AvgIpc) is 2.42. The van der Waals surface area contributed by atoms with E-state index in [2.05, 4.69) is 5.32 Å². The van der Waals surface area contributed by atoms with Crippen LogP contribution >= 0.6 is 0 Å². The average molecular weight is 275 g/mol. The second-order valence-corrected chi connectivity index (χ2v) is 4.10. The van der Waals surface area contributed by atoms with Gasteiger partial charge in [-0.25, -0.2) is 4.39 Å². The lowest BCUT2D eigenvalue weighted by atomic mass is 10.1. The molecule has 1 amide bonds. The van der Waals surface area contributed by atoms with Crippen molar-refractivity contribution in [3.05, 3.63) is 47.8 Å². The van der Waals surface area contributed by atoms with Gasteiger partial charge >= 0.3 is 0 Å². The number of ether oxygens (including phenoxy) is 1. The van der Waals surface area contributed by atoms with E-state index in [1.807, 2.05) is 0 Å². The number of nitrogens with one attached hydrogen (secondary N) is 1. The Hall–Kier alpha value is -2.76. The van der Waals surface area contributed by atoms with Crippen molar-refractivity contribution in [2.24, 2.45) is 5.73 Å². The number of para-hydroxylation sites is 1. The molecule has 0 atom stereocenters. The van der Waals surface area contributed by atoms with Crippen LogP contribution in [-0.2, 0) is 0 Å². The number of benzene rings is 2. The van der Waals surface area contributed by atoms with Crippen LogP contribution in [0.3, 0.4) is 0 Å². The molecule has 0 unspecified atom stereocenters. The van der Waals surface area contributed by atoms with Crippen molar-refractivity contribution in [2.75, 3.05) is 18.2 Å². The predicted octanol–water partition coefficient (Wildman–Crippen LogP) is 2.26. The van der Waals surface area contributed by atoms with Crippen LogP contribution in [0.4, 0.5) is 21.5 Å². The Morgan fingerprint density at radius 1 is 1.25 bits per heavy atom. The first kappa shape index (κ1) is 13.7. The van der Waals surface area contributed by atoms with E-state index in [0.717, 1.165) is 0 Å². The van der Waals surface area contributed by atoms with Crippen LogP contribution in [-0.4, -0.2) is 13.0 Å². The second kappa shape index (κ2) is 5.48. The lowest BCUT2D eigenvalue weighted by Gasteiger charge is -2.14. The van der Waals surface area contributed by atoms with Gasteiger partial charge in [-0.2, -0.15) is 0 Å². The summed E-state index contributed by atoms with van der Waals surface area (Å²) in [5.74, 6) is -0.697. The van der Waals surface area contributed by atoms with Gasteiger partial charge in [0.15, 0.2) is 0 Å². The van der Waals surface area contributed by atoms with Crippen LogP contribution in [0.1, 0.15) is 10.4 Å². The fourth-order valence-electron chi connectivity index (χ4n) is 1.80. The largest absolute Gasteiger partial charge is 0.494 e. The fourth-order valence-corrected chi connectivity index (χ4v) is 1.80. The Balaban J connectivity index is 2.40. The van der Waals surface area contributed by atoms with E-state index in [9.17, 15) is 9.18 Å². The maximum Gasteiger partial charge on any atom is 0.250 e. The monoisotopic (exact) mass is 275 g/mol. The number of hydrogen-bond donors (Lipinski definition) is 3. The number of halogens is 1. The van der Waals surface area contributed by atoms with Gasteiger partial charge in [-0.3, -0.25) is 4.79 Å². The second-order valence-electron chi connectivity index (χ2n) is 4.10. The van der Waals surface area contributed by atoms with E-state index in [1.165, 1.54) is 31.4 Å². The molecule has 0 saturated heterocycles. The van der Waals surface area contributed by atoms with E-state index < -0.39 is 11.7 Å². The van der Waals surface area contributed by atoms with Crippen molar-refractivity contribution in [3.8, 4) is 5.75 Å². The summed E-state index contributed by atoms with van der Waals surface area (Å²) in [6.45, 7) is 0. The Labute approximate surface area is 115 Å². The molecule has 0 spiro atoms. The minimum absolute atomic E-state index is 0.219. The molecule has 0 aliphatic carbocycles. The Bertz CT molecular complexity index is 659. The van der Waals surface area contributed by atoms with Gasteiger partial charge in [0, 0.05) is 6.07 Å². The summed E-state index contributed by atoms with van der Waals surface area (Å²) in [5.41, 5.74) is 12.6. The number of anilines is 3. The SMILES string of the molecule is COc1cc(F)ccc1Nc1cccc(C(N)=O)c1N. The molecule has 0 saturated carbocycles. The lowest BCUT2D eigenvalue weighted by Crippen LogP contribution is -2.14. The molecule has 2 rings (SSSR count). The lowest BCUT2D eigenvalue weighted by molar-refractivity contribution is 0.100. The highest BCUT2D eigenvalue weighted by molar-refractivity contribution is 6.01. The van der Waals surface area contributed by atoms with E-state index in [1.54, 1.807) is 12.1 Å². The van der Waals surface area contributed by atoms with Crippen molar-refractivity contribution < 1.29 is 13.9 Å². The van der Waals surface area contributed by atoms with Crippen LogP contribution in [0.15, 0.2) is 36.4 Å². The molecule has 2 aromatic rings. The maximum atomic E-state index is 13.1. The number of hydrogen-bond acceptors (Lipinski definition) is 4. The summed E-state index contributed by atoms with van der Waals surface area (Å²) in [6, 6.07) is 8.92. The first-order valence-corrected chi connectivity index (χ1v) is 5.81. The molecular formula is C14H14FN3O2. The highest BCUT2D eigenvalue weighted by Crippen LogP contribution is 2.31. The molecule has 5 N–H and O–H groups in total. The number of carbonyl (C=O) groups is 1. The predicted molar refractivity (Wildman–Crippen MR) is 75.6 cm³/mol. The third-order valence-corrected chi connectivity index (χ3v) is 2.80. The number of nitrogens with two attached hydrogens (primary N) is 2. The Morgan fingerprint density at radius 3 is 2.65 bits per heavy atom. The van der Waals surface area contributed by atoms with Crippen LogP contribution in [0.5, 0.6) is 5.75 Å². The zero-order valence-electron chi connectivity index (χ0n) is 10.8. The van der Waals surface area contributed by atoms with Crippen molar-refractivity contribution in [1.82, 2.24) is 0 Å². The molecule has 0 fully saturated rings. The summed E-state index contributed by atoms with van der Waals surface area (Å²) in [5, 5.41) is 2.99. The van der Waals surface area contributed by atoms with Gasteiger partial charge in [-0.1, -0.05) is 6.07 Å². The molecule has 0 aliphatic rings. The Kier molecular flexibility index (Phi) is 3.74. The molecule has 2 aromatic carbocycles. The molecule has 6 heteroatoms. The quantitative estimate of drug-likeness (QED) is 0.746. The van der Waals surface area contributed by atoms with Crippen molar-refractivity contribution in [3.63, 3.8) is 0 Å². The van der Waals surface area contributed by atoms with Gasteiger partial charge in [-0.05, 0) is 24.3 Å². The topological polar surface area (TPSA) is 90.4 Å².